The van der Waals surface area contributed by atoms with Gasteiger partial charge in [-0.05, 0) is 22.4 Å². The number of hydrogen-bond acceptors (Lipinski definition) is 5. The van der Waals surface area contributed by atoms with Crippen LogP contribution in [-0.4, -0.2) is 16.8 Å². The molecule has 60 valence electrons. The van der Waals surface area contributed by atoms with E-state index in [0.717, 1.165) is 0 Å². The van der Waals surface area contributed by atoms with Gasteiger partial charge in [0.25, 0.3) is 6.47 Å². The van der Waals surface area contributed by atoms with Crippen molar-refractivity contribution in [3.63, 3.8) is 0 Å². The molecule has 2 rings (SSSR count). The van der Waals surface area contributed by atoms with Crippen LogP contribution in [-0.2, 0) is 4.79 Å². The van der Waals surface area contributed by atoms with Crippen molar-refractivity contribution >= 4 is 17.5 Å². The van der Waals surface area contributed by atoms with Gasteiger partial charge in [-0.25, -0.2) is 4.63 Å². The normalized spacial score (nSPS) is 10.0. The Morgan fingerprint density at radius 3 is 3.00 bits per heavy atom. The Labute approximate surface area is 66.9 Å². The summed E-state index contributed by atoms with van der Waals surface area (Å²) in [4.78, 5) is 9.97. The minimum absolute atomic E-state index is 0.356. The molecular weight excluding hydrogens is 160 g/mol. The first kappa shape index (κ1) is 6.78. The summed E-state index contributed by atoms with van der Waals surface area (Å²) in [6.45, 7) is 0.356. The SMILES string of the molecule is O=COc1ccc2nonc2c1. The van der Waals surface area contributed by atoms with Crippen LogP contribution < -0.4 is 4.74 Å². The zero-order chi connectivity index (χ0) is 8.39. The molecule has 0 spiro atoms. The molecule has 0 atom stereocenters. The summed E-state index contributed by atoms with van der Waals surface area (Å²) in [5.41, 5.74) is 1.20. The van der Waals surface area contributed by atoms with E-state index in [1.807, 2.05) is 0 Å². The minimum Gasteiger partial charge on any atom is -0.429 e. The van der Waals surface area contributed by atoms with Crippen molar-refractivity contribution in [2.45, 2.75) is 0 Å². The fourth-order valence-corrected chi connectivity index (χ4v) is 0.891. The monoisotopic (exact) mass is 164 g/mol. The molecular formula is C7H4N2O3. The predicted octanol–water partition coefficient (Wildman–Crippen LogP) is 0.758. The zero-order valence-corrected chi connectivity index (χ0v) is 5.93. The van der Waals surface area contributed by atoms with Gasteiger partial charge in [0.2, 0.25) is 0 Å². The first-order chi connectivity index (χ1) is 5.90. The van der Waals surface area contributed by atoms with Gasteiger partial charge in [-0.1, -0.05) is 0 Å². The highest BCUT2D eigenvalue weighted by molar-refractivity contribution is 5.75. The van der Waals surface area contributed by atoms with Gasteiger partial charge < -0.3 is 4.74 Å². The number of rotatable bonds is 2. The molecule has 0 radical (unpaired) electrons. The minimum atomic E-state index is 0.356. The number of carbonyl (C=O) groups excluding carboxylic acids is 1. The van der Waals surface area contributed by atoms with Crippen molar-refractivity contribution in [3.8, 4) is 5.75 Å². The van der Waals surface area contributed by atoms with Crippen LogP contribution in [0.5, 0.6) is 5.75 Å². The third kappa shape index (κ3) is 1.01. The maximum atomic E-state index is 9.97. The third-order valence-corrected chi connectivity index (χ3v) is 1.41. The van der Waals surface area contributed by atoms with E-state index >= 15 is 0 Å². The summed E-state index contributed by atoms with van der Waals surface area (Å²) in [6, 6.07) is 4.84. The topological polar surface area (TPSA) is 65.2 Å². The average Bonchev–Trinajstić information content (AvgIpc) is 2.51. The largest absolute Gasteiger partial charge is 0.429 e. The van der Waals surface area contributed by atoms with E-state index in [4.69, 9.17) is 0 Å². The molecule has 0 bridgehead atoms. The predicted molar refractivity (Wildman–Crippen MR) is 38.5 cm³/mol. The van der Waals surface area contributed by atoms with Crippen molar-refractivity contribution in [1.29, 1.82) is 0 Å². The smallest absolute Gasteiger partial charge is 0.298 e. The van der Waals surface area contributed by atoms with Crippen LogP contribution in [0.25, 0.3) is 11.0 Å². The Morgan fingerprint density at radius 2 is 2.17 bits per heavy atom. The summed E-state index contributed by atoms with van der Waals surface area (Å²) in [7, 11) is 0. The second-order valence-corrected chi connectivity index (χ2v) is 2.13. The molecule has 5 nitrogen and oxygen atoms in total. The molecule has 0 unspecified atom stereocenters. The Morgan fingerprint density at radius 1 is 1.33 bits per heavy atom. The highest BCUT2D eigenvalue weighted by Gasteiger charge is 2.00. The lowest BCUT2D eigenvalue weighted by molar-refractivity contribution is -0.120. The molecule has 0 aliphatic carbocycles. The lowest BCUT2D eigenvalue weighted by Crippen LogP contribution is -1.87. The molecule has 2 aromatic rings. The van der Waals surface area contributed by atoms with E-state index in [2.05, 4.69) is 19.7 Å². The van der Waals surface area contributed by atoms with Crippen LogP contribution in [0.2, 0.25) is 0 Å². The lowest BCUT2D eigenvalue weighted by atomic mass is 10.3. The highest BCUT2D eigenvalue weighted by atomic mass is 16.6. The van der Waals surface area contributed by atoms with Gasteiger partial charge in [0.15, 0.2) is 0 Å². The lowest BCUT2D eigenvalue weighted by Gasteiger charge is -1.93. The zero-order valence-electron chi connectivity index (χ0n) is 5.93. The molecule has 1 aromatic carbocycles. The van der Waals surface area contributed by atoms with E-state index in [0.29, 0.717) is 23.3 Å². The van der Waals surface area contributed by atoms with Crippen molar-refractivity contribution < 1.29 is 14.2 Å². The van der Waals surface area contributed by atoms with E-state index in [1.165, 1.54) is 0 Å². The standard InChI is InChI=1S/C7H4N2O3/c10-4-11-5-1-2-6-7(3-5)9-12-8-6/h1-4H. The molecule has 0 aliphatic heterocycles. The van der Waals surface area contributed by atoms with Gasteiger partial charge >= 0.3 is 0 Å². The van der Waals surface area contributed by atoms with Crippen LogP contribution in [0.1, 0.15) is 0 Å². The summed E-state index contributed by atoms with van der Waals surface area (Å²) < 4.78 is 9.05. The molecule has 1 heterocycles. The Bertz CT molecular complexity index is 410. The molecule has 0 amide bonds. The fraction of sp³-hybridized carbons (Fsp3) is 0. The molecule has 0 saturated heterocycles. The van der Waals surface area contributed by atoms with Gasteiger partial charge in [-0.3, -0.25) is 4.79 Å². The Hall–Kier alpha value is -1.91. The van der Waals surface area contributed by atoms with E-state index in [-0.39, 0.29) is 0 Å². The van der Waals surface area contributed by atoms with Gasteiger partial charge in [-0.15, -0.1) is 0 Å². The molecule has 0 N–H and O–H groups in total. The average molecular weight is 164 g/mol. The molecule has 5 heteroatoms. The molecule has 12 heavy (non-hydrogen) atoms. The first-order valence-corrected chi connectivity index (χ1v) is 3.23. The number of fused-ring (bicyclic) bond motifs is 1. The number of nitrogens with zero attached hydrogens (tertiary/aromatic N) is 2. The van der Waals surface area contributed by atoms with Crippen LogP contribution >= 0.6 is 0 Å². The molecule has 0 saturated carbocycles. The van der Waals surface area contributed by atoms with Crippen molar-refractivity contribution in [2.75, 3.05) is 0 Å². The number of ether oxygens (including phenoxy) is 1. The number of benzene rings is 1. The first-order valence-electron chi connectivity index (χ1n) is 3.23. The summed E-state index contributed by atoms with van der Waals surface area (Å²) in [5.74, 6) is 0.424. The molecule has 1 aromatic heterocycles. The maximum Gasteiger partial charge on any atom is 0.298 e. The van der Waals surface area contributed by atoms with Gasteiger partial charge in [-0.2, -0.15) is 0 Å². The van der Waals surface area contributed by atoms with Gasteiger partial charge in [0, 0.05) is 6.07 Å². The Balaban J connectivity index is 2.52. The number of aromatic nitrogens is 2. The summed E-state index contributed by atoms with van der Waals surface area (Å²) in [5, 5.41) is 7.17. The summed E-state index contributed by atoms with van der Waals surface area (Å²) in [6.07, 6.45) is 0. The molecule has 0 aliphatic rings. The van der Waals surface area contributed by atoms with E-state index in [1.54, 1.807) is 18.2 Å². The van der Waals surface area contributed by atoms with Crippen molar-refractivity contribution in [2.24, 2.45) is 0 Å². The summed E-state index contributed by atoms with van der Waals surface area (Å²) >= 11 is 0. The number of hydrogen-bond donors (Lipinski definition) is 0. The van der Waals surface area contributed by atoms with E-state index in [9.17, 15) is 4.79 Å². The molecule has 0 fully saturated rings. The van der Waals surface area contributed by atoms with Crippen LogP contribution in [0.15, 0.2) is 22.8 Å². The maximum absolute atomic E-state index is 9.97. The second kappa shape index (κ2) is 2.61. The van der Waals surface area contributed by atoms with Gasteiger partial charge in [0.05, 0.1) is 0 Å². The third-order valence-electron chi connectivity index (χ3n) is 1.41. The van der Waals surface area contributed by atoms with Crippen LogP contribution in [0.3, 0.4) is 0 Å². The van der Waals surface area contributed by atoms with E-state index < -0.39 is 0 Å². The van der Waals surface area contributed by atoms with Crippen LogP contribution in [0.4, 0.5) is 0 Å². The van der Waals surface area contributed by atoms with Gasteiger partial charge in [0.1, 0.15) is 16.8 Å². The Kier molecular flexibility index (Phi) is 1.48. The van der Waals surface area contributed by atoms with Crippen molar-refractivity contribution in [3.05, 3.63) is 18.2 Å². The number of carbonyl (C=O) groups is 1. The quantitative estimate of drug-likeness (QED) is 0.613. The second-order valence-electron chi connectivity index (χ2n) is 2.13. The van der Waals surface area contributed by atoms with Crippen molar-refractivity contribution in [1.82, 2.24) is 10.3 Å². The fourth-order valence-electron chi connectivity index (χ4n) is 0.891. The van der Waals surface area contributed by atoms with Crippen LogP contribution in [0, 0.1) is 0 Å². The highest BCUT2D eigenvalue weighted by Crippen LogP contribution is 2.16.